The van der Waals surface area contributed by atoms with Crippen molar-refractivity contribution in [2.24, 2.45) is 11.7 Å². The Bertz CT molecular complexity index is 442. The number of hydrogen-bond acceptors (Lipinski definition) is 2. The van der Waals surface area contributed by atoms with E-state index in [1.54, 1.807) is 0 Å². The molecule has 1 aliphatic heterocycles. The Labute approximate surface area is 94.6 Å². The molecule has 1 amide bonds. The minimum Gasteiger partial charge on any atom is -0.493 e. The molecule has 1 aromatic rings. The molecule has 0 bridgehead atoms. The van der Waals surface area contributed by atoms with Crippen LogP contribution in [0.15, 0.2) is 18.2 Å². The summed E-state index contributed by atoms with van der Waals surface area (Å²) in [7, 11) is 0. The maximum atomic E-state index is 10.9. The predicted octanol–water partition coefficient (Wildman–Crippen LogP) is 1.60. The van der Waals surface area contributed by atoms with Gasteiger partial charge in [0.2, 0.25) is 5.91 Å². The fourth-order valence-corrected chi connectivity index (χ4v) is 2.71. The van der Waals surface area contributed by atoms with E-state index in [1.807, 2.05) is 12.1 Å². The van der Waals surface area contributed by atoms with Crippen molar-refractivity contribution in [2.45, 2.75) is 25.2 Å². The van der Waals surface area contributed by atoms with Gasteiger partial charge in [0.25, 0.3) is 0 Å². The number of nitrogens with two attached hydrogens (primary N) is 1. The van der Waals surface area contributed by atoms with E-state index in [-0.39, 0.29) is 5.91 Å². The molecule has 1 aliphatic carbocycles. The highest BCUT2D eigenvalue weighted by atomic mass is 16.5. The molecule has 3 rings (SSSR count). The van der Waals surface area contributed by atoms with Gasteiger partial charge in [-0.15, -0.1) is 0 Å². The molecule has 2 aliphatic rings. The van der Waals surface area contributed by atoms with Crippen LogP contribution in [0.1, 0.15) is 29.9 Å². The Balaban J connectivity index is 1.82. The zero-order chi connectivity index (χ0) is 11.1. The van der Waals surface area contributed by atoms with E-state index in [1.165, 1.54) is 11.1 Å². The van der Waals surface area contributed by atoms with Gasteiger partial charge in [0.1, 0.15) is 5.75 Å². The lowest BCUT2D eigenvalue weighted by Gasteiger charge is -2.05. The highest BCUT2D eigenvalue weighted by molar-refractivity contribution is 5.74. The lowest BCUT2D eigenvalue weighted by atomic mass is 9.99. The molecule has 16 heavy (non-hydrogen) atoms. The molecule has 0 aromatic heterocycles. The SMILES string of the molecule is NC(=O)CC1CC1c1cccc2c1CCO2. The van der Waals surface area contributed by atoms with Crippen molar-refractivity contribution in [3.8, 4) is 5.75 Å². The summed E-state index contributed by atoms with van der Waals surface area (Å²) in [6.07, 6.45) is 2.62. The van der Waals surface area contributed by atoms with Crippen LogP contribution in [0, 0.1) is 5.92 Å². The van der Waals surface area contributed by atoms with Gasteiger partial charge in [-0.25, -0.2) is 0 Å². The number of carbonyl (C=O) groups is 1. The monoisotopic (exact) mass is 217 g/mol. The maximum absolute atomic E-state index is 10.9. The van der Waals surface area contributed by atoms with Gasteiger partial charge in [-0.1, -0.05) is 12.1 Å². The van der Waals surface area contributed by atoms with Crippen molar-refractivity contribution in [1.82, 2.24) is 0 Å². The first-order valence-corrected chi connectivity index (χ1v) is 5.78. The molecule has 2 N–H and O–H groups in total. The largest absolute Gasteiger partial charge is 0.493 e. The number of carbonyl (C=O) groups excluding carboxylic acids is 1. The number of hydrogen-bond donors (Lipinski definition) is 1. The molecule has 3 heteroatoms. The number of amides is 1. The second-order valence-corrected chi connectivity index (χ2v) is 4.70. The van der Waals surface area contributed by atoms with Crippen molar-refractivity contribution in [2.75, 3.05) is 6.61 Å². The van der Waals surface area contributed by atoms with Crippen molar-refractivity contribution in [3.63, 3.8) is 0 Å². The topological polar surface area (TPSA) is 52.3 Å². The van der Waals surface area contributed by atoms with Crippen molar-refractivity contribution < 1.29 is 9.53 Å². The Hall–Kier alpha value is -1.51. The average Bonchev–Trinajstić information content (AvgIpc) is 2.82. The zero-order valence-electron chi connectivity index (χ0n) is 9.11. The lowest BCUT2D eigenvalue weighted by Crippen LogP contribution is -2.11. The third-order valence-electron chi connectivity index (χ3n) is 3.56. The molecule has 1 aromatic carbocycles. The summed E-state index contributed by atoms with van der Waals surface area (Å²) in [5.74, 6) is 1.84. The second-order valence-electron chi connectivity index (χ2n) is 4.70. The first-order chi connectivity index (χ1) is 7.75. The highest BCUT2D eigenvalue weighted by Gasteiger charge is 2.41. The third kappa shape index (κ3) is 1.56. The van der Waals surface area contributed by atoms with E-state index in [2.05, 4.69) is 6.07 Å². The quantitative estimate of drug-likeness (QED) is 0.836. The van der Waals surface area contributed by atoms with Crippen molar-refractivity contribution >= 4 is 5.91 Å². The third-order valence-corrected chi connectivity index (χ3v) is 3.56. The molecular weight excluding hydrogens is 202 g/mol. The van der Waals surface area contributed by atoms with E-state index < -0.39 is 0 Å². The molecule has 0 saturated heterocycles. The highest BCUT2D eigenvalue weighted by Crippen LogP contribution is 2.52. The van der Waals surface area contributed by atoms with Gasteiger partial charge in [-0.2, -0.15) is 0 Å². The molecule has 3 nitrogen and oxygen atoms in total. The van der Waals surface area contributed by atoms with E-state index >= 15 is 0 Å². The van der Waals surface area contributed by atoms with E-state index in [0.29, 0.717) is 18.3 Å². The number of benzene rings is 1. The van der Waals surface area contributed by atoms with Crippen LogP contribution in [0.5, 0.6) is 5.75 Å². The van der Waals surface area contributed by atoms with Gasteiger partial charge in [0.05, 0.1) is 6.61 Å². The van der Waals surface area contributed by atoms with Crippen LogP contribution < -0.4 is 10.5 Å². The fourth-order valence-electron chi connectivity index (χ4n) is 2.71. The van der Waals surface area contributed by atoms with Gasteiger partial charge in [0.15, 0.2) is 0 Å². The zero-order valence-corrected chi connectivity index (χ0v) is 9.11. The van der Waals surface area contributed by atoms with Gasteiger partial charge in [0, 0.05) is 18.4 Å². The summed E-state index contributed by atoms with van der Waals surface area (Å²) in [5, 5.41) is 0. The summed E-state index contributed by atoms with van der Waals surface area (Å²) >= 11 is 0. The minimum atomic E-state index is -0.184. The Morgan fingerprint density at radius 2 is 2.38 bits per heavy atom. The number of rotatable bonds is 3. The molecule has 1 fully saturated rings. The minimum absolute atomic E-state index is 0.184. The summed E-state index contributed by atoms with van der Waals surface area (Å²) in [6.45, 7) is 0.791. The smallest absolute Gasteiger partial charge is 0.217 e. The van der Waals surface area contributed by atoms with Gasteiger partial charge in [-0.05, 0) is 29.9 Å². The lowest BCUT2D eigenvalue weighted by molar-refractivity contribution is -0.118. The van der Waals surface area contributed by atoms with Crippen LogP contribution in [0.3, 0.4) is 0 Å². The summed E-state index contributed by atoms with van der Waals surface area (Å²) in [5.41, 5.74) is 7.95. The molecule has 2 unspecified atom stereocenters. The molecule has 0 radical (unpaired) electrons. The van der Waals surface area contributed by atoms with Crippen LogP contribution >= 0.6 is 0 Å². The molecule has 84 valence electrons. The normalized spacial score (nSPS) is 26.0. The van der Waals surface area contributed by atoms with Gasteiger partial charge in [-0.3, -0.25) is 4.79 Å². The van der Waals surface area contributed by atoms with Gasteiger partial charge < -0.3 is 10.5 Å². The van der Waals surface area contributed by atoms with E-state index in [9.17, 15) is 4.79 Å². The Morgan fingerprint density at radius 3 is 3.19 bits per heavy atom. The number of fused-ring (bicyclic) bond motifs is 1. The molecule has 0 spiro atoms. The first kappa shape index (κ1) is 9.70. The molecular formula is C13H15NO2. The Morgan fingerprint density at radius 1 is 1.50 bits per heavy atom. The van der Waals surface area contributed by atoms with Crippen LogP contribution in [0.2, 0.25) is 0 Å². The number of primary amides is 1. The van der Waals surface area contributed by atoms with Crippen LogP contribution in [-0.4, -0.2) is 12.5 Å². The predicted molar refractivity (Wildman–Crippen MR) is 60.3 cm³/mol. The average molecular weight is 217 g/mol. The summed E-state index contributed by atoms with van der Waals surface area (Å²) in [6, 6.07) is 6.23. The molecule has 1 heterocycles. The van der Waals surface area contributed by atoms with Crippen LogP contribution in [-0.2, 0) is 11.2 Å². The first-order valence-electron chi connectivity index (χ1n) is 5.78. The van der Waals surface area contributed by atoms with E-state index in [0.717, 1.165) is 25.2 Å². The van der Waals surface area contributed by atoms with Gasteiger partial charge >= 0.3 is 0 Å². The van der Waals surface area contributed by atoms with Crippen LogP contribution in [0.25, 0.3) is 0 Å². The van der Waals surface area contributed by atoms with Crippen LogP contribution in [0.4, 0.5) is 0 Å². The standard InChI is InChI=1S/C13H15NO2/c14-13(15)7-8-6-11(8)9-2-1-3-12-10(9)4-5-16-12/h1-3,8,11H,4-7H2,(H2,14,15). The second kappa shape index (κ2) is 3.51. The number of ether oxygens (including phenoxy) is 1. The molecule has 2 atom stereocenters. The Kier molecular flexibility index (Phi) is 2.13. The summed E-state index contributed by atoms with van der Waals surface area (Å²) < 4.78 is 5.54. The van der Waals surface area contributed by atoms with Crippen molar-refractivity contribution in [3.05, 3.63) is 29.3 Å². The maximum Gasteiger partial charge on any atom is 0.217 e. The summed E-state index contributed by atoms with van der Waals surface area (Å²) in [4.78, 5) is 10.9. The van der Waals surface area contributed by atoms with E-state index in [4.69, 9.17) is 10.5 Å². The fraction of sp³-hybridized carbons (Fsp3) is 0.462. The molecule has 1 saturated carbocycles. The van der Waals surface area contributed by atoms with Crippen molar-refractivity contribution in [1.29, 1.82) is 0 Å².